The molecule has 0 saturated carbocycles. The van der Waals surface area contributed by atoms with Crippen LogP contribution in [0.1, 0.15) is 63.7 Å². The highest BCUT2D eigenvalue weighted by Gasteiger charge is 2.38. The summed E-state index contributed by atoms with van der Waals surface area (Å²) < 4.78 is 165. The number of carbonyl (C=O) groups is 4. The lowest BCUT2D eigenvalue weighted by Gasteiger charge is -2.16. The molecular weight excluding hydrogens is 1020 g/mol. The van der Waals surface area contributed by atoms with Gasteiger partial charge >= 0.3 is 12.4 Å². The third kappa shape index (κ3) is 13.3. The van der Waals surface area contributed by atoms with Crippen molar-refractivity contribution in [1.29, 1.82) is 10.5 Å². The molecule has 7 N–H and O–H groups in total. The van der Waals surface area contributed by atoms with E-state index in [1.165, 1.54) is 0 Å². The van der Waals surface area contributed by atoms with E-state index in [0.717, 1.165) is 78.9 Å². The van der Waals surface area contributed by atoms with Gasteiger partial charge in [0, 0.05) is 15.8 Å². The van der Waals surface area contributed by atoms with Crippen LogP contribution in [0.2, 0.25) is 0 Å². The largest absolute Gasteiger partial charge is 0.507 e. The van der Waals surface area contributed by atoms with Gasteiger partial charge in [0.2, 0.25) is 0 Å². The summed E-state index contributed by atoms with van der Waals surface area (Å²) in [6.45, 7) is 0. The molecule has 0 heterocycles. The zero-order valence-corrected chi connectivity index (χ0v) is 35.3. The van der Waals surface area contributed by atoms with Crippen LogP contribution in [0, 0.1) is 57.6 Å². The molecule has 0 aromatic heterocycles. The van der Waals surface area contributed by atoms with Gasteiger partial charge in [-0.05, 0) is 113 Å². The lowest BCUT2D eigenvalue weighted by Crippen LogP contribution is -2.19. The summed E-state index contributed by atoms with van der Waals surface area (Å²) in [6.07, 6.45) is -10.2. The van der Waals surface area contributed by atoms with E-state index in [1.807, 2.05) is 5.32 Å². The molecular formula is C44H23BrF12N6O6. The maximum atomic E-state index is 14.9. The Hall–Kier alpha value is -8.58. The standard InChI is InChI=1S/C22H11F6N3O3.C15H8BrF5N2O2.C7H4FNO/c23-11-1-5-16(10(7-11)9-29)34-17-6-3-14(22(26,27)28)19(25)18(17)21(33)31-12-2-4-15(24)13(8-12)20(30)32;16-9-3-2-8(15(19,20)21)12(18)11(9)14(25)23-6-1-4-10(17)7(5-6)13(22)24;8-6-1-2-7(10)5(3-6)4-9/h1-8H,(H2,30,32)(H,31,33);1-5H,(H2,22,24)(H,23,25);1-3,10H. The topological polar surface area (TPSA) is 221 Å². The van der Waals surface area contributed by atoms with Crippen LogP contribution in [0.5, 0.6) is 17.2 Å². The lowest BCUT2D eigenvalue weighted by atomic mass is 10.1. The second-order valence-corrected chi connectivity index (χ2v) is 14.1. The first-order valence-electron chi connectivity index (χ1n) is 18.2. The number of hydrogen-bond donors (Lipinski definition) is 5. The minimum atomic E-state index is -5.18. The Morgan fingerprint density at radius 3 is 1.43 bits per heavy atom. The maximum Gasteiger partial charge on any atom is 0.419 e. The smallest absolute Gasteiger partial charge is 0.419 e. The summed E-state index contributed by atoms with van der Waals surface area (Å²) >= 11 is 2.81. The molecule has 0 unspecified atom stereocenters. The first-order chi connectivity index (χ1) is 32.2. The monoisotopic (exact) mass is 1040 g/mol. The quantitative estimate of drug-likeness (QED) is 0.0921. The molecule has 0 fully saturated rings. The predicted octanol–water partition coefficient (Wildman–Crippen LogP) is 10.6. The van der Waals surface area contributed by atoms with Crippen LogP contribution in [0.15, 0.2) is 102 Å². The van der Waals surface area contributed by atoms with Crippen molar-refractivity contribution in [3.05, 3.63) is 181 Å². The number of carbonyl (C=O) groups excluding carboxylic acids is 4. The average molecular weight is 1040 g/mol. The van der Waals surface area contributed by atoms with Crippen molar-refractivity contribution in [2.24, 2.45) is 11.5 Å². The number of nitrogens with two attached hydrogens (primary N) is 2. The van der Waals surface area contributed by atoms with E-state index < -0.39 is 110 Å². The van der Waals surface area contributed by atoms with Crippen molar-refractivity contribution in [1.82, 2.24) is 0 Å². The molecule has 0 atom stereocenters. The molecule has 0 bridgehead atoms. The first kappa shape index (κ1) is 53.0. The van der Waals surface area contributed by atoms with Crippen LogP contribution >= 0.6 is 15.9 Å². The molecule has 6 aromatic carbocycles. The van der Waals surface area contributed by atoms with Crippen LogP contribution in [-0.2, 0) is 12.4 Å². The fraction of sp³-hybridized carbons (Fsp3) is 0.0455. The molecule has 4 amide bonds. The Morgan fingerprint density at radius 2 is 0.986 bits per heavy atom. The van der Waals surface area contributed by atoms with Gasteiger partial charge in [0.15, 0.2) is 5.82 Å². The van der Waals surface area contributed by atoms with Gasteiger partial charge in [-0.3, -0.25) is 19.2 Å². The minimum Gasteiger partial charge on any atom is -0.507 e. The Balaban J connectivity index is 0.000000258. The van der Waals surface area contributed by atoms with Gasteiger partial charge in [-0.1, -0.05) is 0 Å². The van der Waals surface area contributed by atoms with Crippen molar-refractivity contribution in [2.75, 3.05) is 10.6 Å². The summed E-state index contributed by atoms with van der Waals surface area (Å²) in [5, 5.41) is 30.4. The normalized spacial score (nSPS) is 10.8. The average Bonchev–Trinajstić information content (AvgIpc) is 3.25. The van der Waals surface area contributed by atoms with E-state index in [9.17, 15) is 71.9 Å². The van der Waals surface area contributed by atoms with Crippen LogP contribution in [0.3, 0.4) is 0 Å². The summed E-state index contributed by atoms with van der Waals surface area (Å²) in [5.41, 5.74) is 2.43. The van der Waals surface area contributed by atoms with Crippen LogP contribution in [-0.4, -0.2) is 28.7 Å². The lowest BCUT2D eigenvalue weighted by molar-refractivity contribution is -0.140. The Morgan fingerprint density at radius 1 is 0.565 bits per heavy atom. The van der Waals surface area contributed by atoms with Gasteiger partial charge in [-0.25, -0.2) is 26.3 Å². The highest BCUT2D eigenvalue weighted by Crippen LogP contribution is 2.39. The fourth-order valence-electron chi connectivity index (χ4n) is 5.42. The summed E-state index contributed by atoms with van der Waals surface area (Å²) in [7, 11) is 0. The van der Waals surface area contributed by atoms with Gasteiger partial charge in [-0.15, -0.1) is 0 Å². The molecule has 25 heteroatoms. The van der Waals surface area contributed by atoms with E-state index in [4.69, 9.17) is 31.8 Å². The van der Waals surface area contributed by atoms with Gasteiger partial charge in [0.1, 0.15) is 64.0 Å². The van der Waals surface area contributed by atoms with Crippen LogP contribution < -0.4 is 26.8 Å². The number of phenols is 1. The van der Waals surface area contributed by atoms with Crippen molar-refractivity contribution < 1.29 is 81.7 Å². The minimum absolute atomic E-state index is 0.0417. The number of ether oxygens (including phenoxy) is 1. The molecule has 0 aliphatic rings. The van der Waals surface area contributed by atoms with Crippen LogP contribution in [0.4, 0.5) is 64.1 Å². The Kier molecular flexibility index (Phi) is 16.8. The first-order valence-corrected chi connectivity index (χ1v) is 19.0. The highest BCUT2D eigenvalue weighted by atomic mass is 79.9. The third-order valence-electron chi connectivity index (χ3n) is 8.60. The summed E-state index contributed by atoms with van der Waals surface area (Å²) in [5.74, 6) is -13.4. The zero-order valence-electron chi connectivity index (χ0n) is 33.7. The molecule has 0 saturated heterocycles. The number of nitrogens with one attached hydrogen (secondary N) is 2. The number of phenolic OH excluding ortho intramolecular Hbond substituents is 1. The predicted molar refractivity (Wildman–Crippen MR) is 220 cm³/mol. The maximum absolute atomic E-state index is 14.9. The SMILES string of the molecule is N#Cc1cc(F)ccc1O.N#Cc1cc(F)ccc1Oc1ccc(C(F)(F)F)c(F)c1C(=O)Nc1ccc(F)c(C(N)=O)c1.NC(=O)c1cc(NC(=O)c2c(Br)ccc(C(F)(F)F)c2F)ccc1F. The molecule has 6 aromatic rings. The molecule has 356 valence electrons. The van der Waals surface area contributed by atoms with Crippen LogP contribution in [0.25, 0.3) is 0 Å². The van der Waals surface area contributed by atoms with E-state index in [0.29, 0.717) is 18.2 Å². The van der Waals surface area contributed by atoms with E-state index in [1.54, 1.807) is 12.1 Å². The number of nitrogens with zero attached hydrogens (tertiary/aromatic N) is 2. The Bertz CT molecular complexity index is 3100. The van der Waals surface area contributed by atoms with Crippen molar-refractivity contribution in [3.63, 3.8) is 0 Å². The number of rotatable bonds is 8. The number of hydrogen-bond acceptors (Lipinski definition) is 8. The van der Waals surface area contributed by atoms with Crippen molar-refractivity contribution in [2.45, 2.75) is 12.4 Å². The fourth-order valence-corrected chi connectivity index (χ4v) is 5.91. The van der Waals surface area contributed by atoms with Gasteiger partial charge < -0.3 is 31.9 Å². The highest BCUT2D eigenvalue weighted by molar-refractivity contribution is 9.10. The molecule has 0 spiro atoms. The number of primary amides is 2. The number of anilines is 2. The molecule has 12 nitrogen and oxygen atoms in total. The molecule has 69 heavy (non-hydrogen) atoms. The molecule has 0 radical (unpaired) electrons. The van der Waals surface area contributed by atoms with Crippen molar-refractivity contribution in [3.8, 4) is 29.4 Å². The number of nitriles is 2. The van der Waals surface area contributed by atoms with Crippen molar-refractivity contribution >= 4 is 50.9 Å². The van der Waals surface area contributed by atoms with Gasteiger partial charge in [0.25, 0.3) is 23.6 Å². The number of alkyl halides is 6. The second kappa shape index (κ2) is 21.8. The third-order valence-corrected chi connectivity index (χ3v) is 9.26. The Labute approximate surface area is 387 Å². The van der Waals surface area contributed by atoms with Gasteiger partial charge in [-0.2, -0.15) is 36.9 Å². The molecule has 0 aliphatic heterocycles. The number of aromatic hydroxyl groups is 1. The number of benzene rings is 6. The summed E-state index contributed by atoms with van der Waals surface area (Å²) in [4.78, 5) is 47.3. The summed E-state index contributed by atoms with van der Waals surface area (Å²) in [6, 6.07) is 16.7. The van der Waals surface area contributed by atoms with Gasteiger partial charge in [0.05, 0.1) is 38.9 Å². The number of halogens is 13. The van der Waals surface area contributed by atoms with E-state index >= 15 is 0 Å². The molecule has 0 aliphatic carbocycles. The molecule has 6 rings (SSSR count). The second-order valence-electron chi connectivity index (χ2n) is 13.2. The van der Waals surface area contributed by atoms with E-state index in [2.05, 4.69) is 21.2 Å². The zero-order chi connectivity index (χ0) is 51.7. The number of amides is 4. The van der Waals surface area contributed by atoms with E-state index in [-0.39, 0.29) is 38.5 Å².